The van der Waals surface area contributed by atoms with Crippen LogP contribution in [-0.2, 0) is 4.79 Å². The average molecular weight is 198 g/mol. The van der Waals surface area contributed by atoms with Gasteiger partial charge in [0.2, 0.25) is 5.91 Å². The average Bonchev–Trinajstić information content (AvgIpc) is 2.46. The summed E-state index contributed by atoms with van der Waals surface area (Å²) in [4.78, 5) is 12.8. The summed E-state index contributed by atoms with van der Waals surface area (Å²) in [7, 11) is 0. The molecule has 1 aliphatic heterocycles. The second-order valence-corrected chi connectivity index (χ2v) is 3.39. The van der Waals surface area contributed by atoms with E-state index in [9.17, 15) is 15.0 Å². The van der Waals surface area contributed by atoms with Crippen LogP contribution in [0, 0.1) is 12.3 Å². The Kier molecular flexibility index (Phi) is 3.47. The molecule has 0 aromatic carbocycles. The molecule has 1 aliphatic rings. The molecule has 1 unspecified atom stereocenters. The Morgan fingerprint density at radius 2 is 2.07 bits per heavy atom. The zero-order valence-electron chi connectivity index (χ0n) is 7.76. The SMILES string of the molecule is C#CCC(N)C(=O)N1C[C@@H](O)[C@@H](O)C1. The molecule has 0 radical (unpaired) electrons. The van der Waals surface area contributed by atoms with Gasteiger partial charge in [0.05, 0.1) is 18.2 Å². The lowest BCUT2D eigenvalue weighted by molar-refractivity contribution is -0.131. The van der Waals surface area contributed by atoms with Crippen LogP contribution in [0.25, 0.3) is 0 Å². The molecule has 5 nitrogen and oxygen atoms in total. The number of carbonyl (C=O) groups is 1. The van der Waals surface area contributed by atoms with Gasteiger partial charge in [0.1, 0.15) is 0 Å². The van der Waals surface area contributed by atoms with E-state index in [1.807, 2.05) is 0 Å². The Morgan fingerprint density at radius 1 is 1.57 bits per heavy atom. The minimum Gasteiger partial charge on any atom is -0.388 e. The minimum atomic E-state index is -0.878. The molecular weight excluding hydrogens is 184 g/mol. The second-order valence-electron chi connectivity index (χ2n) is 3.39. The van der Waals surface area contributed by atoms with Crippen molar-refractivity contribution < 1.29 is 15.0 Å². The van der Waals surface area contributed by atoms with Crippen molar-refractivity contribution in [2.75, 3.05) is 13.1 Å². The van der Waals surface area contributed by atoms with Gasteiger partial charge in [-0.25, -0.2) is 0 Å². The predicted molar refractivity (Wildman–Crippen MR) is 50.0 cm³/mol. The molecule has 0 saturated carbocycles. The highest BCUT2D eigenvalue weighted by molar-refractivity contribution is 5.82. The normalized spacial score (nSPS) is 28.6. The van der Waals surface area contributed by atoms with Crippen molar-refractivity contribution in [2.24, 2.45) is 5.73 Å². The topological polar surface area (TPSA) is 86.8 Å². The Morgan fingerprint density at radius 3 is 2.50 bits per heavy atom. The summed E-state index contributed by atoms with van der Waals surface area (Å²) >= 11 is 0. The summed E-state index contributed by atoms with van der Waals surface area (Å²) in [5, 5.41) is 18.4. The number of hydrogen-bond donors (Lipinski definition) is 3. The van der Waals surface area contributed by atoms with Crippen molar-refractivity contribution in [3.8, 4) is 12.3 Å². The van der Waals surface area contributed by atoms with Gasteiger partial charge in [-0.2, -0.15) is 0 Å². The van der Waals surface area contributed by atoms with Crippen LogP contribution in [0.2, 0.25) is 0 Å². The molecule has 14 heavy (non-hydrogen) atoms. The monoisotopic (exact) mass is 198 g/mol. The number of nitrogens with two attached hydrogens (primary N) is 1. The predicted octanol–water partition coefficient (Wildman–Crippen LogP) is -2.10. The van der Waals surface area contributed by atoms with Gasteiger partial charge in [-0.3, -0.25) is 4.79 Å². The number of β-amino-alcohol motifs (C(OH)–C–C–N with tert-alkyl or cyclic N) is 2. The Hall–Kier alpha value is -1.09. The largest absolute Gasteiger partial charge is 0.388 e. The fraction of sp³-hybridized carbons (Fsp3) is 0.667. The first-order valence-corrected chi connectivity index (χ1v) is 4.40. The highest BCUT2D eigenvalue weighted by Gasteiger charge is 2.34. The number of rotatable bonds is 2. The molecule has 4 N–H and O–H groups in total. The van der Waals surface area contributed by atoms with Crippen LogP contribution in [0.5, 0.6) is 0 Å². The van der Waals surface area contributed by atoms with E-state index in [-0.39, 0.29) is 25.4 Å². The smallest absolute Gasteiger partial charge is 0.240 e. The summed E-state index contributed by atoms with van der Waals surface area (Å²) < 4.78 is 0. The molecule has 0 aromatic rings. The summed E-state index contributed by atoms with van der Waals surface area (Å²) in [6.07, 6.45) is 3.43. The zero-order valence-corrected chi connectivity index (χ0v) is 7.76. The van der Waals surface area contributed by atoms with Gasteiger partial charge in [-0.15, -0.1) is 12.3 Å². The number of aliphatic hydroxyl groups is 2. The number of hydrogen-bond acceptors (Lipinski definition) is 4. The standard InChI is InChI=1S/C9H14N2O3/c1-2-3-6(10)9(14)11-4-7(12)8(13)5-11/h1,6-8,12-13H,3-5,10H2/t6?,7-,8+. The molecule has 78 valence electrons. The van der Waals surface area contributed by atoms with Crippen LogP contribution in [0.4, 0.5) is 0 Å². The zero-order chi connectivity index (χ0) is 10.7. The summed E-state index contributed by atoms with van der Waals surface area (Å²) in [5.41, 5.74) is 5.50. The van der Waals surface area contributed by atoms with Crippen LogP contribution in [0.1, 0.15) is 6.42 Å². The van der Waals surface area contributed by atoms with E-state index in [2.05, 4.69) is 5.92 Å². The molecule has 1 saturated heterocycles. The van der Waals surface area contributed by atoms with E-state index in [0.29, 0.717) is 0 Å². The first-order chi connectivity index (χ1) is 6.56. The van der Waals surface area contributed by atoms with E-state index in [1.165, 1.54) is 4.90 Å². The van der Waals surface area contributed by atoms with E-state index < -0.39 is 18.2 Å². The minimum absolute atomic E-state index is 0.123. The highest BCUT2D eigenvalue weighted by Crippen LogP contribution is 2.11. The highest BCUT2D eigenvalue weighted by atomic mass is 16.3. The van der Waals surface area contributed by atoms with Crippen molar-refractivity contribution in [2.45, 2.75) is 24.7 Å². The van der Waals surface area contributed by atoms with E-state index in [1.54, 1.807) is 0 Å². The van der Waals surface area contributed by atoms with Crippen molar-refractivity contribution >= 4 is 5.91 Å². The van der Waals surface area contributed by atoms with Gasteiger partial charge in [-0.1, -0.05) is 0 Å². The maximum absolute atomic E-state index is 11.5. The maximum Gasteiger partial charge on any atom is 0.240 e. The summed E-state index contributed by atoms with van der Waals surface area (Å²) in [6.45, 7) is 0.247. The van der Waals surface area contributed by atoms with Gasteiger partial charge in [0.25, 0.3) is 0 Å². The maximum atomic E-state index is 11.5. The Labute approximate surface area is 82.5 Å². The van der Waals surface area contributed by atoms with Gasteiger partial charge >= 0.3 is 0 Å². The fourth-order valence-electron chi connectivity index (χ4n) is 1.40. The molecule has 0 bridgehead atoms. The molecule has 1 heterocycles. The molecule has 5 heteroatoms. The lowest BCUT2D eigenvalue weighted by atomic mass is 10.2. The van der Waals surface area contributed by atoms with Crippen molar-refractivity contribution in [3.63, 3.8) is 0 Å². The van der Waals surface area contributed by atoms with E-state index >= 15 is 0 Å². The van der Waals surface area contributed by atoms with Crippen LogP contribution < -0.4 is 5.73 Å². The molecule has 1 amide bonds. The summed E-state index contributed by atoms with van der Waals surface area (Å²) in [6, 6.07) is -0.738. The quantitative estimate of drug-likeness (QED) is 0.444. The van der Waals surface area contributed by atoms with Crippen LogP contribution in [0.3, 0.4) is 0 Å². The van der Waals surface area contributed by atoms with Crippen molar-refractivity contribution in [3.05, 3.63) is 0 Å². The molecule has 0 aromatic heterocycles. The van der Waals surface area contributed by atoms with Crippen LogP contribution in [0.15, 0.2) is 0 Å². The number of carbonyl (C=O) groups excluding carboxylic acids is 1. The van der Waals surface area contributed by atoms with E-state index in [0.717, 1.165) is 0 Å². The molecular formula is C9H14N2O3. The Balaban J connectivity index is 2.51. The summed E-state index contributed by atoms with van der Waals surface area (Å²) in [5.74, 6) is 1.98. The van der Waals surface area contributed by atoms with Crippen molar-refractivity contribution in [1.29, 1.82) is 0 Å². The number of amides is 1. The fourth-order valence-corrected chi connectivity index (χ4v) is 1.40. The number of terminal acetylenes is 1. The number of aliphatic hydroxyl groups excluding tert-OH is 2. The third kappa shape index (κ3) is 2.23. The third-order valence-electron chi connectivity index (χ3n) is 2.23. The van der Waals surface area contributed by atoms with Crippen LogP contribution >= 0.6 is 0 Å². The van der Waals surface area contributed by atoms with E-state index in [4.69, 9.17) is 12.2 Å². The molecule has 1 rings (SSSR count). The second kappa shape index (κ2) is 4.42. The van der Waals surface area contributed by atoms with Crippen LogP contribution in [-0.4, -0.2) is 52.4 Å². The lowest BCUT2D eigenvalue weighted by Crippen LogP contribution is -2.43. The lowest BCUT2D eigenvalue weighted by Gasteiger charge is -2.18. The first-order valence-electron chi connectivity index (χ1n) is 4.40. The third-order valence-corrected chi connectivity index (χ3v) is 2.23. The molecule has 1 fully saturated rings. The van der Waals surface area contributed by atoms with Gasteiger partial charge in [0, 0.05) is 19.5 Å². The Bertz CT molecular complexity index is 251. The van der Waals surface area contributed by atoms with Gasteiger partial charge in [-0.05, 0) is 0 Å². The van der Waals surface area contributed by atoms with Gasteiger partial charge < -0.3 is 20.8 Å². The number of likely N-dealkylation sites (tertiary alicyclic amines) is 1. The molecule has 0 aliphatic carbocycles. The van der Waals surface area contributed by atoms with Crippen molar-refractivity contribution in [1.82, 2.24) is 4.90 Å². The number of nitrogens with zero attached hydrogens (tertiary/aromatic N) is 1. The van der Waals surface area contributed by atoms with Gasteiger partial charge in [0.15, 0.2) is 0 Å². The first kappa shape index (κ1) is 11.0. The molecule has 3 atom stereocenters. The molecule has 0 spiro atoms.